The maximum atomic E-state index is 12.5. The third kappa shape index (κ3) is 5.62. The summed E-state index contributed by atoms with van der Waals surface area (Å²) in [4.78, 5) is 18.3. The number of carbonyl (C=O) groups excluding carboxylic acids is 1. The van der Waals surface area contributed by atoms with Crippen LogP contribution in [0.5, 0.6) is 11.5 Å². The smallest absolute Gasteiger partial charge is 0.246 e. The van der Waals surface area contributed by atoms with Gasteiger partial charge in [-0.1, -0.05) is 6.07 Å². The summed E-state index contributed by atoms with van der Waals surface area (Å²) in [6, 6.07) is 9.57. The molecule has 2 aromatic rings. The van der Waals surface area contributed by atoms with Crippen molar-refractivity contribution in [3.05, 3.63) is 59.9 Å². The average molecular weight is 354 g/mol. The number of amides is 1. The second kappa shape index (κ2) is 10.2. The van der Waals surface area contributed by atoms with Crippen molar-refractivity contribution in [3.63, 3.8) is 0 Å². The van der Waals surface area contributed by atoms with Crippen LogP contribution in [0.25, 0.3) is 6.08 Å². The first kappa shape index (κ1) is 19.5. The molecule has 1 heterocycles. The van der Waals surface area contributed by atoms with Gasteiger partial charge in [-0.2, -0.15) is 0 Å². The van der Waals surface area contributed by atoms with Gasteiger partial charge >= 0.3 is 0 Å². The molecule has 0 saturated heterocycles. The topological polar surface area (TPSA) is 51.7 Å². The number of pyridine rings is 1. The van der Waals surface area contributed by atoms with Crippen molar-refractivity contribution in [3.8, 4) is 11.5 Å². The lowest BCUT2D eigenvalue weighted by Gasteiger charge is -2.19. The Morgan fingerprint density at radius 3 is 2.58 bits per heavy atom. The number of benzene rings is 1. The molecule has 0 radical (unpaired) electrons. The normalized spacial score (nSPS) is 10.7. The van der Waals surface area contributed by atoms with Crippen molar-refractivity contribution < 1.29 is 14.3 Å². The maximum Gasteiger partial charge on any atom is 0.246 e. The summed E-state index contributed by atoms with van der Waals surface area (Å²) >= 11 is 0. The molecule has 0 aliphatic heterocycles. The summed E-state index contributed by atoms with van der Waals surface area (Å²) in [5, 5.41) is 0. The Morgan fingerprint density at radius 2 is 1.92 bits per heavy atom. The highest BCUT2D eigenvalue weighted by molar-refractivity contribution is 5.91. The van der Waals surface area contributed by atoms with Crippen LogP contribution in [0.15, 0.2) is 48.8 Å². The number of nitrogens with zero attached hydrogens (tertiary/aromatic N) is 2. The second-order valence-corrected chi connectivity index (χ2v) is 5.70. The van der Waals surface area contributed by atoms with Crippen molar-refractivity contribution >= 4 is 12.0 Å². The van der Waals surface area contributed by atoms with Gasteiger partial charge in [0.15, 0.2) is 11.5 Å². The fourth-order valence-corrected chi connectivity index (χ4v) is 2.57. The predicted octanol–water partition coefficient (Wildman–Crippen LogP) is 3.59. The fraction of sp³-hybridized carbons (Fsp3) is 0.333. The molecule has 2 rings (SSSR count). The van der Waals surface area contributed by atoms with Gasteiger partial charge in [0.05, 0.1) is 13.7 Å². The van der Waals surface area contributed by atoms with E-state index in [9.17, 15) is 4.79 Å². The highest BCUT2D eigenvalue weighted by Crippen LogP contribution is 2.28. The van der Waals surface area contributed by atoms with Crippen LogP contribution in [0, 0.1) is 0 Å². The molecule has 0 aliphatic carbocycles. The Kier molecular flexibility index (Phi) is 7.68. The van der Waals surface area contributed by atoms with Crippen molar-refractivity contribution in [1.82, 2.24) is 9.88 Å². The van der Waals surface area contributed by atoms with E-state index in [1.54, 1.807) is 31.7 Å². The number of ether oxygens (including phenoxy) is 2. The van der Waals surface area contributed by atoms with Gasteiger partial charge in [0.2, 0.25) is 5.91 Å². The highest BCUT2D eigenvalue weighted by Gasteiger charge is 2.09. The van der Waals surface area contributed by atoms with E-state index in [4.69, 9.17) is 9.47 Å². The molecule has 0 aliphatic rings. The fourth-order valence-electron chi connectivity index (χ4n) is 2.57. The first-order valence-electron chi connectivity index (χ1n) is 8.84. The molecule has 138 valence electrons. The van der Waals surface area contributed by atoms with Crippen LogP contribution in [0.2, 0.25) is 0 Å². The largest absolute Gasteiger partial charge is 0.493 e. The van der Waals surface area contributed by atoms with Crippen molar-refractivity contribution in [2.24, 2.45) is 0 Å². The third-order valence-electron chi connectivity index (χ3n) is 4.02. The van der Waals surface area contributed by atoms with Crippen LogP contribution in [0.3, 0.4) is 0 Å². The Labute approximate surface area is 155 Å². The monoisotopic (exact) mass is 354 g/mol. The molecule has 1 aromatic heterocycles. The Bertz CT molecular complexity index is 729. The van der Waals surface area contributed by atoms with E-state index in [1.165, 1.54) is 5.56 Å². The highest BCUT2D eigenvalue weighted by atomic mass is 16.5. The molecule has 5 nitrogen and oxygen atoms in total. The lowest BCUT2D eigenvalue weighted by molar-refractivity contribution is -0.125. The number of carbonyl (C=O) groups is 1. The number of hydrogen-bond acceptors (Lipinski definition) is 4. The Morgan fingerprint density at radius 1 is 1.15 bits per heavy atom. The van der Waals surface area contributed by atoms with Crippen LogP contribution in [-0.4, -0.2) is 42.6 Å². The van der Waals surface area contributed by atoms with Gasteiger partial charge in [-0.05, 0) is 61.7 Å². The molecular formula is C21H26N2O3. The summed E-state index contributed by atoms with van der Waals surface area (Å²) in [6.07, 6.45) is 7.76. The van der Waals surface area contributed by atoms with Crippen LogP contribution < -0.4 is 9.47 Å². The minimum atomic E-state index is -0.00518. The maximum absolute atomic E-state index is 12.5. The lowest BCUT2D eigenvalue weighted by Crippen LogP contribution is -2.31. The van der Waals surface area contributed by atoms with E-state index < -0.39 is 0 Å². The van der Waals surface area contributed by atoms with E-state index in [2.05, 4.69) is 4.98 Å². The molecule has 0 atom stereocenters. The lowest BCUT2D eigenvalue weighted by atomic mass is 10.1. The predicted molar refractivity (Wildman–Crippen MR) is 103 cm³/mol. The molecule has 0 bridgehead atoms. The minimum absolute atomic E-state index is 0.00518. The molecule has 0 unspecified atom stereocenters. The van der Waals surface area contributed by atoms with E-state index in [0.717, 1.165) is 12.0 Å². The molecular weight excluding hydrogens is 328 g/mol. The van der Waals surface area contributed by atoms with Gasteiger partial charge in [-0.15, -0.1) is 0 Å². The van der Waals surface area contributed by atoms with E-state index in [-0.39, 0.29) is 5.91 Å². The molecule has 0 spiro atoms. The van der Waals surface area contributed by atoms with E-state index in [0.29, 0.717) is 31.2 Å². The van der Waals surface area contributed by atoms with Crippen LogP contribution in [0.1, 0.15) is 25.0 Å². The number of aromatic nitrogens is 1. The van der Waals surface area contributed by atoms with Crippen molar-refractivity contribution in [2.75, 3.05) is 26.8 Å². The third-order valence-corrected chi connectivity index (χ3v) is 4.02. The summed E-state index contributed by atoms with van der Waals surface area (Å²) in [6.45, 7) is 5.83. The van der Waals surface area contributed by atoms with Gasteiger partial charge < -0.3 is 14.4 Å². The Hall–Kier alpha value is -2.82. The van der Waals surface area contributed by atoms with Gasteiger partial charge in [0, 0.05) is 31.6 Å². The summed E-state index contributed by atoms with van der Waals surface area (Å²) in [5.41, 5.74) is 2.07. The Balaban J connectivity index is 1.99. The molecule has 5 heteroatoms. The summed E-state index contributed by atoms with van der Waals surface area (Å²) in [7, 11) is 1.61. The van der Waals surface area contributed by atoms with Gasteiger partial charge in [-0.3, -0.25) is 9.78 Å². The molecule has 1 aromatic carbocycles. The zero-order valence-corrected chi connectivity index (χ0v) is 15.6. The van der Waals surface area contributed by atoms with Crippen LogP contribution >= 0.6 is 0 Å². The van der Waals surface area contributed by atoms with Gasteiger partial charge in [0.1, 0.15) is 0 Å². The second-order valence-electron chi connectivity index (χ2n) is 5.70. The minimum Gasteiger partial charge on any atom is -0.493 e. The van der Waals surface area contributed by atoms with Gasteiger partial charge in [-0.25, -0.2) is 0 Å². The number of methoxy groups -OCH3 is 1. The molecule has 0 saturated carbocycles. The SMILES string of the molecule is CCOc1ccc(/C=C/C(=O)N(CC)CCc2ccncc2)cc1OC. The first-order valence-corrected chi connectivity index (χ1v) is 8.84. The van der Waals surface area contributed by atoms with Crippen LogP contribution in [0.4, 0.5) is 0 Å². The average Bonchev–Trinajstić information content (AvgIpc) is 2.68. The van der Waals surface area contributed by atoms with E-state index >= 15 is 0 Å². The van der Waals surface area contributed by atoms with Crippen molar-refractivity contribution in [2.45, 2.75) is 20.3 Å². The summed E-state index contributed by atoms with van der Waals surface area (Å²) < 4.78 is 10.9. The zero-order chi connectivity index (χ0) is 18.8. The van der Waals surface area contributed by atoms with E-state index in [1.807, 2.05) is 49.1 Å². The number of rotatable bonds is 9. The number of likely N-dealkylation sites (N-methyl/N-ethyl adjacent to an activating group) is 1. The van der Waals surface area contributed by atoms with Crippen molar-refractivity contribution in [1.29, 1.82) is 0 Å². The standard InChI is InChI=1S/C21H26N2O3/c1-4-23(15-12-17-10-13-22-14-11-17)21(24)9-7-18-6-8-19(26-5-2)20(16-18)25-3/h6-11,13-14,16H,4-5,12,15H2,1-3H3/b9-7+. The molecule has 26 heavy (non-hydrogen) atoms. The first-order chi connectivity index (χ1) is 12.7. The number of hydrogen-bond donors (Lipinski definition) is 0. The zero-order valence-electron chi connectivity index (χ0n) is 15.6. The van der Waals surface area contributed by atoms with Gasteiger partial charge in [0.25, 0.3) is 0 Å². The molecule has 1 amide bonds. The molecule has 0 fully saturated rings. The quantitative estimate of drug-likeness (QED) is 0.646. The molecule has 0 N–H and O–H groups in total. The summed E-state index contributed by atoms with van der Waals surface area (Å²) in [5.74, 6) is 1.35. The van der Waals surface area contributed by atoms with Crippen LogP contribution in [-0.2, 0) is 11.2 Å².